The first-order valence-electron chi connectivity index (χ1n) is 9.48. The van der Waals surface area contributed by atoms with Gasteiger partial charge in [0.25, 0.3) is 10.0 Å². The van der Waals surface area contributed by atoms with Gasteiger partial charge in [-0.1, -0.05) is 12.1 Å². The van der Waals surface area contributed by atoms with Crippen LogP contribution in [0.3, 0.4) is 0 Å². The van der Waals surface area contributed by atoms with Crippen molar-refractivity contribution in [2.24, 2.45) is 5.92 Å². The van der Waals surface area contributed by atoms with Crippen molar-refractivity contribution >= 4 is 27.3 Å². The molecule has 158 valence electrons. The highest BCUT2D eigenvalue weighted by atomic mass is 32.2. The van der Waals surface area contributed by atoms with Crippen LogP contribution in [0.25, 0.3) is 0 Å². The summed E-state index contributed by atoms with van der Waals surface area (Å²) in [5.41, 5.74) is 1.02. The molecule has 1 aromatic heterocycles. The Balaban J connectivity index is 1.54. The largest absolute Gasteiger partial charge is 0.493 e. The molecule has 0 spiro atoms. The van der Waals surface area contributed by atoms with Crippen molar-refractivity contribution in [1.82, 2.24) is 9.62 Å². The maximum absolute atomic E-state index is 12.7. The molecule has 1 fully saturated rings. The number of nitrogens with one attached hydrogen (secondary N) is 1. The molecule has 0 bridgehead atoms. The average Bonchev–Trinajstić information content (AvgIpc) is 3.29. The Kier molecular flexibility index (Phi) is 7.15. The van der Waals surface area contributed by atoms with Gasteiger partial charge in [-0.05, 0) is 48.4 Å². The number of hydrogen-bond acceptors (Lipinski definition) is 6. The number of carbonyl (C=O) groups excluding carboxylic acids is 1. The van der Waals surface area contributed by atoms with Crippen LogP contribution in [0, 0.1) is 5.92 Å². The quantitative estimate of drug-likeness (QED) is 0.685. The van der Waals surface area contributed by atoms with Crippen LogP contribution in [-0.4, -0.2) is 52.5 Å². The Morgan fingerprint density at radius 3 is 2.72 bits per heavy atom. The van der Waals surface area contributed by atoms with E-state index in [4.69, 9.17) is 9.47 Å². The maximum Gasteiger partial charge on any atom is 0.252 e. The van der Waals surface area contributed by atoms with E-state index < -0.39 is 10.0 Å². The number of piperidine rings is 1. The fourth-order valence-corrected chi connectivity index (χ4v) is 6.09. The molecule has 29 heavy (non-hydrogen) atoms. The fourth-order valence-electron chi connectivity index (χ4n) is 3.42. The van der Waals surface area contributed by atoms with Crippen LogP contribution >= 0.6 is 11.3 Å². The lowest BCUT2D eigenvalue weighted by molar-refractivity contribution is -0.126. The van der Waals surface area contributed by atoms with Crippen molar-refractivity contribution < 1.29 is 22.7 Å². The number of methoxy groups -OCH3 is 2. The molecule has 1 aliphatic rings. The van der Waals surface area contributed by atoms with Gasteiger partial charge in [0.05, 0.1) is 20.1 Å². The van der Waals surface area contributed by atoms with E-state index in [1.807, 2.05) is 18.2 Å². The summed E-state index contributed by atoms with van der Waals surface area (Å²) in [7, 11) is -0.344. The summed E-state index contributed by atoms with van der Waals surface area (Å²) in [5.74, 6) is 0.882. The van der Waals surface area contributed by atoms with Crippen molar-refractivity contribution in [3.63, 3.8) is 0 Å². The van der Waals surface area contributed by atoms with Gasteiger partial charge in [0.15, 0.2) is 11.5 Å². The first-order chi connectivity index (χ1) is 14.0. The Morgan fingerprint density at radius 2 is 2.03 bits per heavy atom. The van der Waals surface area contributed by atoms with Crippen LogP contribution in [0.4, 0.5) is 0 Å². The molecule has 1 atom stereocenters. The number of ether oxygens (including phenoxy) is 2. The second kappa shape index (κ2) is 9.60. The summed E-state index contributed by atoms with van der Waals surface area (Å²) < 4.78 is 37.7. The third-order valence-electron chi connectivity index (χ3n) is 5.00. The lowest BCUT2D eigenvalue weighted by Crippen LogP contribution is -2.45. The normalized spacial score (nSPS) is 17.7. The Labute approximate surface area is 175 Å². The van der Waals surface area contributed by atoms with Crippen molar-refractivity contribution in [2.45, 2.75) is 23.5 Å². The van der Waals surface area contributed by atoms with Gasteiger partial charge in [-0.15, -0.1) is 11.3 Å². The van der Waals surface area contributed by atoms with Crippen LogP contribution in [-0.2, 0) is 21.2 Å². The highest BCUT2D eigenvalue weighted by molar-refractivity contribution is 7.91. The minimum absolute atomic E-state index is 0.100. The third kappa shape index (κ3) is 5.09. The number of hydrogen-bond donors (Lipinski definition) is 1. The predicted octanol–water partition coefficient (Wildman–Crippen LogP) is 2.52. The fraction of sp³-hybridized carbons (Fsp3) is 0.450. The molecule has 1 saturated heterocycles. The van der Waals surface area contributed by atoms with Gasteiger partial charge in [-0.3, -0.25) is 4.79 Å². The van der Waals surface area contributed by atoms with Gasteiger partial charge in [-0.25, -0.2) is 8.42 Å². The highest BCUT2D eigenvalue weighted by Crippen LogP contribution is 2.28. The topological polar surface area (TPSA) is 84.9 Å². The number of amides is 1. The van der Waals surface area contributed by atoms with E-state index in [2.05, 4.69) is 5.32 Å². The molecule has 7 nitrogen and oxygen atoms in total. The number of sulfonamides is 1. The van der Waals surface area contributed by atoms with Crippen LogP contribution in [0.15, 0.2) is 39.9 Å². The maximum atomic E-state index is 12.7. The Bertz CT molecular complexity index is 928. The Morgan fingerprint density at radius 1 is 1.24 bits per heavy atom. The number of carbonyl (C=O) groups is 1. The van der Waals surface area contributed by atoms with E-state index in [0.717, 1.165) is 5.56 Å². The molecule has 1 amide bonds. The van der Waals surface area contributed by atoms with Crippen molar-refractivity contribution in [1.29, 1.82) is 0 Å². The van der Waals surface area contributed by atoms with Gasteiger partial charge < -0.3 is 14.8 Å². The monoisotopic (exact) mass is 438 g/mol. The summed E-state index contributed by atoms with van der Waals surface area (Å²) in [6, 6.07) is 8.99. The molecule has 3 rings (SSSR count). The van der Waals surface area contributed by atoms with E-state index in [1.165, 1.54) is 15.6 Å². The number of nitrogens with zero attached hydrogens (tertiary/aromatic N) is 1. The summed E-state index contributed by atoms with van der Waals surface area (Å²) in [6.07, 6.45) is 2.02. The lowest BCUT2D eigenvalue weighted by atomic mass is 9.99. The minimum atomic E-state index is -3.52. The zero-order chi connectivity index (χ0) is 20.9. The number of thiophene rings is 1. The molecule has 9 heteroatoms. The van der Waals surface area contributed by atoms with E-state index in [0.29, 0.717) is 48.1 Å². The van der Waals surface area contributed by atoms with Crippen molar-refractivity contribution in [2.75, 3.05) is 33.9 Å². The van der Waals surface area contributed by atoms with E-state index in [9.17, 15) is 13.2 Å². The molecule has 1 aliphatic heterocycles. The molecular weight excluding hydrogens is 412 g/mol. The molecule has 1 N–H and O–H groups in total. The van der Waals surface area contributed by atoms with Crippen molar-refractivity contribution in [3.8, 4) is 11.5 Å². The van der Waals surface area contributed by atoms with Gasteiger partial charge in [0, 0.05) is 19.6 Å². The van der Waals surface area contributed by atoms with Gasteiger partial charge in [-0.2, -0.15) is 4.31 Å². The summed E-state index contributed by atoms with van der Waals surface area (Å²) in [4.78, 5) is 12.6. The highest BCUT2D eigenvalue weighted by Gasteiger charge is 2.33. The number of rotatable bonds is 8. The van der Waals surface area contributed by atoms with E-state index >= 15 is 0 Å². The van der Waals surface area contributed by atoms with Crippen LogP contribution < -0.4 is 14.8 Å². The van der Waals surface area contributed by atoms with Gasteiger partial charge in [0.2, 0.25) is 5.91 Å². The van der Waals surface area contributed by atoms with Crippen molar-refractivity contribution in [3.05, 3.63) is 41.3 Å². The van der Waals surface area contributed by atoms with Crippen LogP contribution in [0.2, 0.25) is 0 Å². The van der Waals surface area contributed by atoms with Crippen LogP contribution in [0.1, 0.15) is 18.4 Å². The lowest BCUT2D eigenvalue weighted by Gasteiger charge is -2.30. The predicted molar refractivity (Wildman–Crippen MR) is 112 cm³/mol. The standard InChI is InChI=1S/C20H26N2O5S2/c1-26-17-8-7-15(13-18(17)27-2)9-10-21-20(23)16-5-3-11-22(14-16)29(24,25)19-6-4-12-28-19/h4,6-8,12-13,16H,3,5,9-11,14H2,1-2H3,(H,21,23)/t16-/m1/s1. The zero-order valence-corrected chi connectivity index (χ0v) is 18.2. The zero-order valence-electron chi connectivity index (χ0n) is 16.6. The Hall–Kier alpha value is -2.10. The van der Waals surface area contributed by atoms with Gasteiger partial charge >= 0.3 is 0 Å². The van der Waals surface area contributed by atoms with E-state index in [-0.39, 0.29) is 18.4 Å². The molecule has 0 radical (unpaired) electrons. The van der Waals surface area contributed by atoms with E-state index in [1.54, 1.807) is 31.7 Å². The first-order valence-corrected chi connectivity index (χ1v) is 11.8. The third-order valence-corrected chi connectivity index (χ3v) is 8.24. The first kappa shape index (κ1) is 21.6. The molecule has 2 aromatic rings. The molecule has 0 saturated carbocycles. The number of benzene rings is 1. The molecule has 2 heterocycles. The average molecular weight is 439 g/mol. The second-order valence-corrected chi connectivity index (χ2v) is 9.98. The molecular formula is C20H26N2O5S2. The molecule has 0 unspecified atom stereocenters. The molecule has 0 aliphatic carbocycles. The summed E-state index contributed by atoms with van der Waals surface area (Å²) >= 11 is 1.20. The van der Waals surface area contributed by atoms with Crippen LogP contribution in [0.5, 0.6) is 11.5 Å². The second-order valence-electron chi connectivity index (χ2n) is 6.86. The summed E-state index contributed by atoms with van der Waals surface area (Å²) in [6.45, 7) is 1.15. The smallest absolute Gasteiger partial charge is 0.252 e. The minimum Gasteiger partial charge on any atom is -0.493 e. The SMILES string of the molecule is COc1ccc(CCNC(=O)[C@@H]2CCCN(S(=O)(=O)c3cccs3)C2)cc1OC. The van der Waals surface area contributed by atoms with Gasteiger partial charge in [0.1, 0.15) is 4.21 Å². The summed E-state index contributed by atoms with van der Waals surface area (Å²) in [5, 5.41) is 4.69. The molecule has 1 aromatic carbocycles.